The van der Waals surface area contributed by atoms with Gasteiger partial charge in [0, 0.05) is 22.9 Å². The lowest BCUT2D eigenvalue weighted by Crippen LogP contribution is -2.11. The number of hydrogen-bond acceptors (Lipinski definition) is 1. The van der Waals surface area contributed by atoms with Gasteiger partial charge in [-0.25, -0.2) is 0 Å². The van der Waals surface area contributed by atoms with Crippen molar-refractivity contribution in [2.24, 2.45) is 5.73 Å². The molecule has 0 saturated carbocycles. The first-order valence-electron chi connectivity index (χ1n) is 8.73. The molecule has 1 heterocycles. The smallest absolute Gasteiger partial charge is 0.366 e. The highest BCUT2D eigenvalue weighted by Gasteiger charge is 2.31. The lowest BCUT2D eigenvalue weighted by Gasteiger charge is -2.11. The summed E-state index contributed by atoms with van der Waals surface area (Å²) in [6, 6.07) is 16.5. The number of alkyl halides is 3. The van der Waals surface area contributed by atoms with E-state index in [4.69, 9.17) is 5.73 Å². The first-order valence-corrected chi connectivity index (χ1v) is 8.73. The Morgan fingerprint density at radius 2 is 1.75 bits per heavy atom. The van der Waals surface area contributed by atoms with Crippen molar-refractivity contribution < 1.29 is 18.0 Å². The van der Waals surface area contributed by atoms with Crippen LogP contribution >= 0.6 is 0 Å². The molecule has 0 fully saturated rings. The minimum Gasteiger partial charge on any atom is -0.366 e. The SMILES string of the molecule is Cc1cccc(Cn2c3cc(C(F)(F)F)ccc3c3c(C(N)=O)cccc32)c1. The minimum atomic E-state index is -4.45. The van der Waals surface area contributed by atoms with E-state index in [1.165, 1.54) is 6.07 Å². The van der Waals surface area contributed by atoms with Gasteiger partial charge >= 0.3 is 6.18 Å². The third kappa shape index (κ3) is 3.01. The molecule has 6 heteroatoms. The standard InChI is InChI=1S/C22H17F3N2O/c1-13-4-2-5-14(10-13)12-27-18-7-3-6-17(21(26)28)20(18)16-9-8-15(11-19(16)27)22(23,24)25/h2-11H,12H2,1H3,(H2,26,28). The molecule has 1 aromatic heterocycles. The van der Waals surface area contributed by atoms with Gasteiger partial charge in [-0.2, -0.15) is 13.2 Å². The van der Waals surface area contributed by atoms with E-state index in [2.05, 4.69) is 0 Å². The summed E-state index contributed by atoms with van der Waals surface area (Å²) in [5, 5.41) is 1.15. The van der Waals surface area contributed by atoms with Gasteiger partial charge in [-0.1, -0.05) is 42.0 Å². The van der Waals surface area contributed by atoms with Crippen molar-refractivity contribution >= 4 is 27.7 Å². The van der Waals surface area contributed by atoms with Crippen molar-refractivity contribution in [3.63, 3.8) is 0 Å². The Bertz CT molecular complexity index is 1220. The van der Waals surface area contributed by atoms with Crippen molar-refractivity contribution in [1.29, 1.82) is 0 Å². The molecule has 0 unspecified atom stereocenters. The minimum absolute atomic E-state index is 0.297. The molecule has 1 amide bonds. The Hall–Kier alpha value is -3.28. The number of carbonyl (C=O) groups is 1. The van der Waals surface area contributed by atoms with Gasteiger partial charge in [-0.3, -0.25) is 4.79 Å². The van der Waals surface area contributed by atoms with Crippen LogP contribution in [-0.2, 0) is 12.7 Å². The first kappa shape index (κ1) is 18.1. The van der Waals surface area contributed by atoms with E-state index >= 15 is 0 Å². The highest BCUT2D eigenvalue weighted by molar-refractivity contribution is 6.18. The summed E-state index contributed by atoms with van der Waals surface area (Å²) in [5.41, 5.74) is 8.20. The summed E-state index contributed by atoms with van der Waals surface area (Å²) in [7, 11) is 0. The first-order chi connectivity index (χ1) is 13.3. The van der Waals surface area contributed by atoms with E-state index in [0.29, 0.717) is 33.9 Å². The maximum absolute atomic E-state index is 13.3. The molecule has 3 nitrogen and oxygen atoms in total. The second-order valence-electron chi connectivity index (χ2n) is 6.87. The number of hydrogen-bond donors (Lipinski definition) is 1. The Kier molecular flexibility index (Phi) is 4.14. The van der Waals surface area contributed by atoms with E-state index in [-0.39, 0.29) is 0 Å². The average Bonchev–Trinajstić information content (AvgIpc) is 2.94. The fraction of sp³-hybridized carbons (Fsp3) is 0.136. The van der Waals surface area contributed by atoms with Crippen LogP contribution in [0, 0.1) is 6.92 Å². The zero-order valence-corrected chi connectivity index (χ0v) is 15.0. The van der Waals surface area contributed by atoms with Crippen LogP contribution in [0.2, 0.25) is 0 Å². The van der Waals surface area contributed by atoms with Crippen LogP contribution in [-0.4, -0.2) is 10.5 Å². The third-order valence-electron chi connectivity index (χ3n) is 4.91. The molecule has 2 N–H and O–H groups in total. The molecule has 0 saturated heterocycles. The number of rotatable bonds is 3. The predicted octanol–water partition coefficient (Wildman–Crippen LogP) is 5.27. The molecular weight excluding hydrogens is 365 g/mol. The normalized spacial score (nSPS) is 12.0. The van der Waals surface area contributed by atoms with Gasteiger partial charge in [0.05, 0.1) is 16.6 Å². The van der Waals surface area contributed by atoms with Crippen molar-refractivity contribution in [1.82, 2.24) is 4.57 Å². The van der Waals surface area contributed by atoms with Crippen LogP contribution in [0.3, 0.4) is 0 Å². The largest absolute Gasteiger partial charge is 0.416 e. The zero-order valence-electron chi connectivity index (χ0n) is 15.0. The van der Waals surface area contributed by atoms with Gasteiger partial charge in [0.2, 0.25) is 5.91 Å². The molecule has 0 aliphatic rings. The number of carbonyl (C=O) groups excluding carboxylic acids is 1. The van der Waals surface area contributed by atoms with Crippen molar-refractivity contribution in [2.75, 3.05) is 0 Å². The number of benzene rings is 3. The van der Waals surface area contributed by atoms with E-state index in [1.54, 1.807) is 22.8 Å². The number of aryl methyl sites for hydroxylation is 1. The Morgan fingerprint density at radius 1 is 1.00 bits per heavy atom. The van der Waals surface area contributed by atoms with Crippen LogP contribution in [0.15, 0.2) is 60.7 Å². The molecule has 0 atom stereocenters. The summed E-state index contributed by atoms with van der Waals surface area (Å²) in [6.07, 6.45) is -4.45. The van der Waals surface area contributed by atoms with Crippen molar-refractivity contribution in [3.05, 3.63) is 82.9 Å². The zero-order chi connectivity index (χ0) is 20.1. The van der Waals surface area contributed by atoms with E-state index in [9.17, 15) is 18.0 Å². The molecule has 0 radical (unpaired) electrons. The Balaban J connectivity index is 2.06. The van der Waals surface area contributed by atoms with Crippen LogP contribution < -0.4 is 5.73 Å². The number of fused-ring (bicyclic) bond motifs is 3. The fourth-order valence-electron chi connectivity index (χ4n) is 3.69. The van der Waals surface area contributed by atoms with Crippen LogP contribution in [0.4, 0.5) is 13.2 Å². The number of nitrogens with zero attached hydrogens (tertiary/aromatic N) is 1. The maximum atomic E-state index is 13.3. The van der Waals surface area contributed by atoms with Gasteiger partial charge < -0.3 is 10.3 Å². The second kappa shape index (κ2) is 6.41. The molecule has 0 aliphatic heterocycles. The number of nitrogens with two attached hydrogens (primary N) is 1. The maximum Gasteiger partial charge on any atom is 0.416 e. The number of amides is 1. The molecule has 0 aliphatic carbocycles. The highest BCUT2D eigenvalue weighted by atomic mass is 19.4. The topological polar surface area (TPSA) is 48.0 Å². The van der Waals surface area contributed by atoms with Crippen molar-refractivity contribution in [3.8, 4) is 0 Å². The number of aromatic nitrogens is 1. The van der Waals surface area contributed by atoms with Gasteiger partial charge in [0.25, 0.3) is 0 Å². The summed E-state index contributed by atoms with van der Waals surface area (Å²) < 4.78 is 41.7. The summed E-state index contributed by atoms with van der Waals surface area (Å²) in [5.74, 6) is -0.611. The monoisotopic (exact) mass is 382 g/mol. The lowest BCUT2D eigenvalue weighted by atomic mass is 10.0. The third-order valence-corrected chi connectivity index (χ3v) is 4.91. The van der Waals surface area contributed by atoms with Crippen LogP contribution in [0.25, 0.3) is 21.8 Å². The molecule has 4 aromatic rings. The van der Waals surface area contributed by atoms with Gasteiger partial charge in [-0.05, 0) is 36.8 Å². The summed E-state index contributed by atoms with van der Waals surface area (Å²) in [6.45, 7) is 2.34. The number of halogens is 3. The predicted molar refractivity (Wildman–Crippen MR) is 103 cm³/mol. The molecule has 0 spiro atoms. The summed E-state index contributed by atoms with van der Waals surface area (Å²) in [4.78, 5) is 11.9. The second-order valence-corrected chi connectivity index (χ2v) is 6.87. The van der Waals surface area contributed by atoms with Gasteiger partial charge in [-0.15, -0.1) is 0 Å². The molecular formula is C22H17F3N2O. The van der Waals surface area contributed by atoms with E-state index in [0.717, 1.165) is 23.3 Å². The lowest BCUT2D eigenvalue weighted by molar-refractivity contribution is -0.137. The van der Waals surface area contributed by atoms with Gasteiger partial charge in [0.1, 0.15) is 0 Å². The van der Waals surface area contributed by atoms with Crippen molar-refractivity contribution in [2.45, 2.75) is 19.6 Å². The summed E-state index contributed by atoms with van der Waals surface area (Å²) >= 11 is 0. The van der Waals surface area contributed by atoms with E-state index < -0.39 is 17.6 Å². The van der Waals surface area contributed by atoms with Gasteiger partial charge in [0.15, 0.2) is 0 Å². The molecule has 28 heavy (non-hydrogen) atoms. The van der Waals surface area contributed by atoms with E-state index in [1.807, 2.05) is 31.2 Å². The quantitative estimate of drug-likeness (QED) is 0.516. The molecule has 0 bridgehead atoms. The molecule has 142 valence electrons. The van der Waals surface area contributed by atoms with Crippen LogP contribution in [0.5, 0.6) is 0 Å². The average molecular weight is 382 g/mol. The molecule has 3 aromatic carbocycles. The fourth-order valence-corrected chi connectivity index (χ4v) is 3.69. The Labute approximate surface area is 159 Å². The highest BCUT2D eigenvalue weighted by Crippen LogP contribution is 2.37. The molecule has 4 rings (SSSR count). The Morgan fingerprint density at radius 3 is 2.43 bits per heavy atom. The number of primary amides is 1. The van der Waals surface area contributed by atoms with Crippen LogP contribution in [0.1, 0.15) is 27.0 Å².